The van der Waals surface area contributed by atoms with E-state index in [2.05, 4.69) is 5.32 Å². The van der Waals surface area contributed by atoms with Gasteiger partial charge in [0.1, 0.15) is 6.61 Å². The number of nitrogens with one attached hydrogen (secondary N) is 1. The molecular formula is C26H34ClN2O3+. The number of hydrogen-bond donors (Lipinski definition) is 1. The number of anilines is 1. The molecule has 0 radical (unpaired) electrons. The Hall–Kier alpha value is -2.37. The minimum Gasteiger partial charge on any atom is -0.457 e. The molecule has 1 saturated heterocycles. The monoisotopic (exact) mass is 457 g/mol. The number of rotatable bonds is 8. The van der Waals surface area contributed by atoms with Crippen LogP contribution >= 0.6 is 11.6 Å². The normalized spacial score (nSPS) is 16.2. The van der Waals surface area contributed by atoms with E-state index in [1.54, 1.807) is 0 Å². The molecule has 0 saturated carbocycles. The summed E-state index contributed by atoms with van der Waals surface area (Å²) in [7, 11) is 0. The smallest absolute Gasteiger partial charge is 0.362 e. The minimum absolute atomic E-state index is 0.0428. The molecule has 1 amide bonds. The predicted octanol–water partition coefficient (Wildman–Crippen LogP) is 5.42. The first-order valence-electron chi connectivity index (χ1n) is 11.5. The van der Waals surface area contributed by atoms with E-state index in [1.807, 2.05) is 63.2 Å². The van der Waals surface area contributed by atoms with Crippen LogP contribution in [-0.2, 0) is 20.9 Å². The second kappa shape index (κ2) is 11.0. The number of amides is 1. The van der Waals surface area contributed by atoms with Gasteiger partial charge >= 0.3 is 5.97 Å². The minimum atomic E-state index is -0.311. The standard InChI is InChI=1S/C26H33ClN2O3/c1-4-23(26(31)28-25-19(2)15-22(27)16-20(25)3)29(13-9-6-10-14-29)17-24(30)32-18-21-11-7-5-8-12-21/h5,7-8,11-12,15-16,23H,4,6,9-10,13-14,17-18H2,1-3H3/p+1. The van der Waals surface area contributed by atoms with Crippen LogP contribution in [0, 0.1) is 13.8 Å². The van der Waals surface area contributed by atoms with E-state index in [0.717, 1.165) is 54.7 Å². The van der Waals surface area contributed by atoms with E-state index in [9.17, 15) is 9.59 Å². The van der Waals surface area contributed by atoms with E-state index in [-0.39, 0.29) is 31.1 Å². The molecule has 3 rings (SSSR count). The van der Waals surface area contributed by atoms with E-state index < -0.39 is 0 Å². The Morgan fingerprint density at radius 2 is 1.69 bits per heavy atom. The van der Waals surface area contributed by atoms with Crippen molar-refractivity contribution in [2.24, 2.45) is 0 Å². The maximum Gasteiger partial charge on any atom is 0.362 e. The molecule has 5 nitrogen and oxygen atoms in total. The van der Waals surface area contributed by atoms with Gasteiger partial charge < -0.3 is 14.5 Å². The van der Waals surface area contributed by atoms with Crippen LogP contribution in [0.2, 0.25) is 5.02 Å². The van der Waals surface area contributed by atoms with Crippen molar-refractivity contribution in [2.45, 2.75) is 59.1 Å². The fourth-order valence-electron chi connectivity index (χ4n) is 4.90. The summed E-state index contributed by atoms with van der Waals surface area (Å²) < 4.78 is 6.06. The Bertz CT molecular complexity index is 916. The third-order valence-corrected chi connectivity index (χ3v) is 6.71. The van der Waals surface area contributed by atoms with Crippen molar-refractivity contribution in [1.29, 1.82) is 0 Å². The van der Waals surface area contributed by atoms with Gasteiger partial charge in [0, 0.05) is 17.1 Å². The highest BCUT2D eigenvalue weighted by Crippen LogP contribution is 2.29. The molecule has 1 unspecified atom stereocenters. The molecule has 32 heavy (non-hydrogen) atoms. The summed E-state index contributed by atoms with van der Waals surface area (Å²) in [6.07, 6.45) is 3.81. The number of benzene rings is 2. The zero-order chi connectivity index (χ0) is 23.1. The molecule has 0 bridgehead atoms. The van der Waals surface area contributed by atoms with Crippen molar-refractivity contribution < 1.29 is 18.8 Å². The van der Waals surface area contributed by atoms with Crippen LogP contribution in [0.4, 0.5) is 5.69 Å². The van der Waals surface area contributed by atoms with E-state index >= 15 is 0 Å². The molecule has 0 spiro atoms. The first kappa shape index (κ1) is 24.3. The van der Waals surface area contributed by atoms with Crippen molar-refractivity contribution in [3.8, 4) is 0 Å². The number of hydrogen-bond acceptors (Lipinski definition) is 3. The molecule has 0 aromatic heterocycles. The third kappa shape index (κ3) is 5.90. The summed E-state index contributed by atoms with van der Waals surface area (Å²) in [4.78, 5) is 26.3. The lowest BCUT2D eigenvalue weighted by atomic mass is 10.00. The Kier molecular flexibility index (Phi) is 8.32. The highest BCUT2D eigenvalue weighted by Gasteiger charge is 2.44. The molecule has 1 atom stereocenters. The van der Waals surface area contributed by atoms with Crippen molar-refractivity contribution in [3.63, 3.8) is 0 Å². The van der Waals surface area contributed by atoms with E-state index in [1.165, 1.54) is 0 Å². The lowest BCUT2D eigenvalue weighted by Crippen LogP contribution is -2.63. The van der Waals surface area contributed by atoms with Crippen molar-refractivity contribution in [1.82, 2.24) is 0 Å². The fourth-order valence-corrected chi connectivity index (χ4v) is 5.23. The summed E-state index contributed by atoms with van der Waals surface area (Å²) in [5.74, 6) is -0.292. The second-order valence-electron chi connectivity index (χ2n) is 8.86. The van der Waals surface area contributed by atoms with E-state index in [0.29, 0.717) is 15.9 Å². The van der Waals surface area contributed by atoms with Crippen molar-refractivity contribution >= 4 is 29.2 Å². The summed E-state index contributed by atoms with van der Waals surface area (Å²) >= 11 is 6.16. The van der Waals surface area contributed by atoms with Gasteiger partial charge in [-0.15, -0.1) is 0 Å². The number of quaternary nitrogens is 1. The number of aryl methyl sites for hydroxylation is 2. The maximum atomic E-state index is 13.5. The number of carbonyl (C=O) groups is 2. The molecule has 1 aliphatic heterocycles. The van der Waals surface area contributed by atoms with Gasteiger partial charge in [-0.2, -0.15) is 0 Å². The number of likely N-dealkylation sites (tertiary alicyclic amines) is 1. The Morgan fingerprint density at radius 1 is 1.06 bits per heavy atom. The first-order valence-corrected chi connectivity index (χ1v) is 11.9. The Labute approximate surface area is 196 Å². The number of nitrogens with zero attached hydrogens (tertiary/aromatic N) is 1. The summed E-state index contributed by atoms with van der Waals surface area (Å²) in [6, 6.07) is 13.1. The molecule has 2 aromatic rings. The first-order chi connectivity index (χ1) is 15.3. The van der Waals surface area contributed by atoms with Gasteiger partial charge in [0.15, 0.2) is 12.6 Å². The van der Waals surface area contributed by atoms with Crippen molar-refractivity contribution in [3.05, 3.63) is 64.2 Å². The summed E-state index contributed by atoms with van der Waals surface area (Å²) in [5, 5.41) is 3.80. The molecule has 1 fully saturated rings. The molecule has 1 N–H and O–H groups in total. The Morgan fingerprint density at radius 3 is 2.28 bits per heavy atom. The maximum absolute atomic E-state index is 13.5. The summed E-state index contributed by atoms with van der Waals surface area (Å²) in [5.41, 5.74) is 3.64. The topological polar surface area (TPSA) is 55.4 Å². The van der Waals surface area contributed by atoms with Gasteiger partial charge in [0.05, 0.1) is 13.1 Å². The lowest BCUT2D eigenvalue weighted by Gasteiger charge is -2.45. The fraction of sp³-hybridized carbons (Fsp3) is 0.462. The lowest BCUT2D eigenvalue weighted by molar-refractivity contribution is -0.940. The van der Waals surface area contributed by atoms with Gasteiger partial charge in [-0.1, -0.05) is 48.9 Å². The highest BCUT2D eigenvalue weighted by molar-refractivity contribution is 6.30. The molecule has 2 aromatic carbocycles. The third-order valence-electron chi connectivity index (χ3n) is 6.49. The van der Waals surface area contributed by atoms with Gasteiger partial charge in [0.25, 0.3) is 5.91 Å². The molecular weight excluding hydrogens is 424 g/mol. The summed E-state index contributed by atoms with van der Waals surface area (Å²) in [6.45, 7) is 8.01. The van der Waals surface area contributed by atoms with Gasteiger partial charge in [-0.05, 0) is 61.9 Å². The number of ether oxygens (including phenoxy) is 1. The highest BCUT2D eigenvalue weighted by atomic mass is 35.5. The number of halogens is 1. The van der Waals surface area contributed by atoms with Crippen LogP contribution < -0.4 is 5.32 Å². The second-order valence-corrected chi connectivity index (χ2v) is 9.30. The molecule has 172 valence electrons. The van der Waals surface area contributed by atoms with Crippen molar-refractivity contribution in [2.75, 3.05) is 25.0 Å². The zero-order valence-corrected chi connectivity index (χ0v) is 20.1. The Balaban J connectivity index is 1.76. The van der Waals surface area contributed by atoms with Crippen LogP contribution in [0.1, 0.15) is 49.3 Å². The molecule has 1 heterocycles. The van der Waals surface area contributed by atoms with Gasteiger partial charge in [0.2, 0.25) is 0 Å². The zero-order valence-electron chi connectivity index (χ0n) is 19.3. The van der Waals surface area contributed by atoms with Crippen LogP contribution in [0.3, 0.4) is 0 Å². The van der Waals surface area contributed by atoms with Crippen LogP contribution in [0.15, 0.2) is 42.5 Å². The number of piperidine rings is 1. The largest absolute Gasteiger partial charge is 0.457 e. The molecule has 1 aliphatic rings. The van der Waals surface area contributed by atoms with Gasteiger partial charge in [-0.3, -0.25) is 4.79 Å². The average Bonchev–Trinajstić information content (AvgIpc) is 2.76. The molecule has 0 aliphatic carbocycles. The quantitative estimate of drug-likeness (QED) is 0.425. The van der Waals surface area contributed by atoms with E-state index in [4.69, 9.17) is 16.3 Å². The van der Waals surface area contributed by atoms with Crippen LogP contribution in [0.5, 0.6) is 0 Å². The number of esters is 1. The molecule has 6 heteroatoms. The SMILES string of the molecule is CCC(C(=O)Nc1c(C)cc(Cl)cc1C)[N+]1(CC(=O)OCc2ccccc2)CCCCC1. The average molecular weight is 458 g/mol. The van der Waals surface area contributed by atoms with Crippen LogP contribution in [0.25, 0.3) is 0 Å². The predicted molar refractivity (Wildman–Crippen MR) is 129 cm³/mol. The van der Waals surface area contributed by atoms with Crippen LogP contribution in [-0.4, -0.2) is 42.0 Å². The van der Waals surface area contributed by atoms with Gasteiger partial charge in [-0.25, -0.2) is 4.79 Å². The number of carbonyl (C=O) groups excluding carboxylic acids is 2.